The summed E-state index contributed by atoms with van der Waals surface area (Å²) in [6, 6.07) is 18.9. The Labute approximate surface area is 246 Å². The molecule has 3 aromatic rings. The molecular formula is C31H31F3N4O5. The highest BCUT2D eigenvalue weighted by atomic mass is 19.4. The molecule has 1 saturated heterocycles. The van der Waals surface area contributed by atoms with Crippen molar-refractivity contribution in [3.8, 4) is 5.75 Å². The number of methoxy groups -OCH3 is 1. The van der Waals surface area contributed by atoms with Gasteiger partial charge in [0.2, 0.25) is 17.7 Å². The lowest BCUT2D eigenvalue weighted by Crippen LogP contribution is -2.56. The molecule has 1 atom stereocenters. The normalized spacial score (nSPS) is 14.2. The minimum absolute atomic E-state index is 0.0234. The van der Waals surface area contributed by atoms with Gasteiger partial charge >= 0.3 is 6.18 Å². The van der Waals surface area contributed by atoms with Crippen LogP contribution in [0.25, 0.3) is 0 Å². The molecule has 4 amide bonds. The second-order valence-electron chi connectivity index (χ2n) is 10.0. The minimum atomic E-state index is -4.53. The van der Waals surface area contributed by atoms with Gasteiger partial charge in [-0.2, -0.15) is 13.2 Å². The summed E-state index contributed by atoms with van der Waals surface area (Å²) in [6.07, 6.45) is -4.31. The van der Waals surface area contributed by atoms with Crippen LogP contribution in [-0.4, -0.2) is 79.8 Å². The van der Waals surface area contributed by atoms with Gasteiger partial charge in [0, 0.05) is 37.8 Å². The standard InChI is InChI=1S/C31H31F3N4O5/c1-36(24-12-14-25(43-2)15-13-24)30(42)26(18-21-6-4-3-5-7-21)35-27(39)19-37-16-17-38(20-28(37)40)29(41)22-8-10-23(11-9-22)31(32,33)34/h3-15,26H,16-20H2,1-2H3,(H,35,39)/t26-/m0/s1. The zero-order chi connectivity index (χ0) is 31.1. The van der Waals surface area contributed by atoms with Gasteiger partial charge in [0.25, 0.3) is 5.91 Å². The molecule has 0 aliphatic carbocycles. The van der Waals surface area contributed by atoms with Crippen molar-refractivity contribution in [2.24, 2.45) is 0 Å². The van der Waals surface area contributed by atoms with Crippen LogP contribution in [0.2, 0.25) is 0 Å². The van der Waals surface area contributed by atoms with E-state index >= 15 is 0 Å². The van der Waals surface area contributed by atoms with Gasteiger partial charge in [0.15, 0.2) is 0 Å². The topological polar surface area (TPSA) is 99.3 Å². The largest absolute Gasteiger partial charge is 0.497 e. The van der Waals surface area contributed by atoms with E-state index in [1.165, 1.54) is 21.8 Å². The predicted octanol–water partition coefficient (Wildman–Crippen LogP) is 3.39. The number of rotatable bonds is 9. The van der Waals surface area contributed by atoms with E-state index in [1.54, 1.807) is 31.3 Å². The third kappa shape index (κ3) is 7.91. The van der Waals surface area contributed by atoms with E-state index in [2.05, 4.69) is 5.32 Å². The first-order valence-electron chi connectivity index (χ1n) is 13.5. The highest BCUT2D eigenvalue weighted by Crippen LogP contribution is 2.29. The summed E-state index contributed by atoms with van der Waals surface area (Å²) in [7, 11) is 3.14. The summed E-state index contributed by atoms with van der Waals surface area (Å²) in [4.78, 5) is 56.2. The smallest absolute Gasteiger partial charge is 0.416 e. The molecule has 12 heteroatoms. The second-order valence-corrected chi connectivity index (χ2v) is 10.0. The molecule has 3 aromatic carbocycles. The van der Waals surface area contributed by atoms with Gasteiger partial charge < -0.3 is 24.8 Å². The van der Waals surface area contributed by atoms with E-state index in [0.29, 0.717) is 11.4 Å². The minimum Gasteiger partial charge on any atom is -0.497 e. The van der Waals surface area contributed by atoms with Crippen molar-refractivity contribution in [3.05, 3.63) is 95.6 Å². The number of hydrogen-bond acceptors (Lipinski definition) is 5. The first-order chi connectivity index (χ1) is 20.5. The molecule has 226 valence electrons. The summed E-state index contributed by atoms with van der Waals surface area (Å²) in [6.45, 7) is -0.529. The van der Waals surface area contributed by atoms with Crippen molar-refractivity contribution in [2.45, 2.75) is 18.6 Å². The van der Waals surface area contributed by atoms with Gasteiger partial charge in [0.05, 0.1) is 19.2 Å². The van der Waals surface area contributed by atoms with Gasteiger partial charge in [-0.1, -0.05) is 30.3 Å². The highest BCUT2D eigenvalue weighted by molar-refractivity contribution is 6.00. The van der Waals surface area contributed by atoms with E-state index in [4.69, 9.17) is 4.74 Å². The van der Waals surface area contributed by atoms with Crippen molar-refractivity contribution >= 4 is 29.3 Å². The van der Waals surface area contributed by atoms with Crippen LogP contribution in [0, 0.1) is 0 Å². The molecule has 1 aliphatic heterocycles. The quantitative estimate of drug-likeness (QED) is 0.409. The molecule has 1 aliphatic rings. The maximum absolute atomic E-state index is 13.5. The third-order valence-electron chi connectivity index (χ3n) is 7.11. The molecule has 0 unspecified atom stereocenters. The van der Waals surface area contributed by atoms with Crippen LogP contribution in [0.1, 0.15) is 21.5 Å². The summed E-state index contributed by atoms with van der Waals surface area (Å²) >= 11 is 0. The van der Waals surface area contributed by atoms with Gasteiger partial charge in [-0.3, -0.25) is 19.2 Å². The Morgan fingerprint density at radius 2 is 1.60 bits per heavy atom. The molecular weight excluding hydrogens is 565 g/mol. The number of carbonyl (C=O) groups excluding carboxylic acids is 4. The molecule has 1 N–H and O–H groups in total. The number of amides is 4. The highest BCUT2D eigenvalue weighted by Gasteiger charge is 2.33. The van der Waals surface area contributed by atoms with Gasteiger partial charge in [-0.15, -0.1) is 0 Å². The number of likely N-dealkylation sites (N-methyl/N-ethyl adjacent to an activating group) is 1. The van der Waals surface area contributed by atoms with Gasteiger partial charge in [0.1, 0.15) is 18.3 Å². The maximum Gasteiger partial charge on any atom is 0.416 e. The average Bonchev–Trinajstić information content (AvgIpc) is 3.01. The summed E-state index contributed by atoms with van der Waals surface area (Å²) in [5.41, 5.74) is 0.573. The molecule has 0 saturated carbocycles. The monoisotopic (exact) mass is 596 g/mol. The fourth-order valence-electron chi connectivity index (χ4n) is 4.66. The van der Waals surface area contributed by atoms with E-state index < -0.39 is 35.5 Å². The molecule has 4 rings (SSSR count). The molecule has 0 aromatic heterocycles. The molecule has 43 heavy (non-hydrogen) atoms. The summed E-state index contributed by atoms with van der Waals surface area (Å²) in [5.74, 6) is -1.36. The van der Waals surface area contributed by atoms with Crippen LogP contribution in [0.3, 0.4) is 0 Å². The number of nitrogens with zero attached hydrogens (tertiary/aromatic N) is 3. The number of ether oxygens (including phenoxy) is 1. The van der Waals surface area contributed by atoms with Crippen LogP contribution in [0.4, 0.5) is 18.9 Å². The first kappa shape index (κ1) is 31.1. The van der Waals surface area contributed by atoms with Crippen LogP contribution in [0.15, 0.2) is 78.9 Å². The van der Waals surface area contributed by atoms with E-state index in [1.807, 2.05) is 30.3 Å². The van der Waals surface area contributed by atoms with Crippen LogP contribution < -0.4 is 15.0 Å². The number of nitrogens with one attached hydrogen (secondary N) is 1. The van der Waals surface area contributed by atoms with Crippen molar-refractivity contribution in [3.63, 3.8) is 0 Å². The van der Waals surface area contributed by atoms with E-state index in [9.17, 15) is 32.3 Å². The number of halogens is 3. The zero-order valence-corrected chi connectivity index (χ0v) is 23.6. The molecule has 0 spiro atoms. The fraction of sp³-hybridized carbons (Fsp3) is 0.290. The third-order valence-corrected chi connectivity index (χ3v) is 7.11. The van der Waals surface area contributed by atoms with Gasteiger partial charge in [-0.05, 0) is 54.1 Å². The van der Waals surface area contributed by atoms with Crippen LogP contribution in [-0.2, 0) is 27.0 Å². The van der Waals surface area contributed by atoms with Crippen molar-refractivity contribution < 1.29 is 37.1 Å². The van der Waals surface area contributed by atoms with E-state index in [0.717, 1.165) is 29.8 Å². The Hall–Kier alpha value is -4.87. The Bertz CT molecular complexity index is 1450. The van der Waals surface area contributed by atoms with Crippen molar-refractivity contribution in [2.75, 3.05) is 45.2 Å². The average molecular weight is 597 g/mol. The number of anilines is 1. The molecule has 0 radical (unpaired) electrons. The number of carbonyl (C=O) groups is 4. The first-order valence-corrected chi connectivity index (χ1v) is 13.5. The molecule has 1 fully saturated rings. The second kappa shape index (κ2) is 13.4. The van der Waals surface area contributed by atoms with Crippen LogP contribution in [0.5, 0.6) is 5.75 Å². The summed E-state index contributed by atoms with van der Waals surface area (Å²) in [5, 5.41) is 2.76. The SMILES string of the molecule is COc1ccc(N(C)C(=O)[C@H](Cc2ccccc2)NC(=O)CN2CCN(C(=O)c3ccc(C(F)(F)F)cc3)CC2=O)cc1. The number of hydrogen-bond donors (Lipinski definition) is 1. The van der Waals surface area contributed by atoms with E-state index in [-0.39, 0.29) is 44.1 Å². The lowest BCUT2D eigenvalue weighted by atomic mass is 10.0. The molecule has 0 bridgehead atoms. The Kier molecular flexibility index (Phi) is 9.69. The van der Waals surface area contributed by atoms with Crippen molar-refractivity contribution in [1.29, 1.82) is 0 Å². The number of alkyl halides is 3. The van der Waals surface area contributed by atoms with Crippen LogP contribution >= 0.6 is 0 Å². The number of piperazine rings is 1. The zero-order valence-electron chi connectivity index (χ0n) is 23.6. The Morgan fingerprint density at radius 1 is 0.953 bits per heavy atom. The fourth-order valence-corrected chi connectivity index (χ4v) is 4.66. The van der Waals surface area contributed by atoms with Crippen molar-refractivity contribution in [1.82, 2.24) is 15.1 Å². The lowest BCUT2D eigenvalue weighted by Gasteiger charge is -2.34. The predicted molar refractivity (Wildman–Crippen MR) is 152 cm³/mol. The molecule has 9 nitrogen and oxygen atoms in total. The number of benzene rings is 3. The Balaban J connectivity index is 1.39. The lowest BCUT2D eigenvalue weighted by molar-refractivity contribution is -0.139. The van der Waals surface area contributed by atoms with Gasteiger partial charge in [-0.25, -0.2) is 0 Å². The Morgan fingerprint density at radius 3 is 2.19 bits per heavy atom. The summed E-state index contributed by atoms with van der Waals surface area (Å²) < 4.78 is 43.7. The maximum atomic E-state index is 13.5. The molecule has 1 heterocycles.